The van der Waals surface area contributed by atoms with Crippen LogP contribution in [0.15, 0.2) is 0 Å². The second-order valence-electron chi connectivity index (χ2n) is 4.41. The van der Waals surface area contributed by atoms with Gasteiger partial charge in [-0.25, -0.2) is 0 Å². The minimum Gasteiger partial charge on any atom is -0.391 e. The van der Waals surface area contributed by atoms with Gasteiger partial charge >= 0.3 is 6.18 Å². The maximum Gasteiger partial charge on any atom is 0.391 e. The molecule has 0 saturated heterocycles. The zero-order valence-electron chi connectivity index (χ0n) is 9.96. The van der Waals surface area contributed by atoms with Crippen molar-refractivity contribution in [3.8, 4) is 0 Å². The van der Waals surface area contributed by atoms with Crippen molar-refractivity contribution in [1.82, 2.24) is 5.32 Å². The fourth-order valence-corrected chi connectivity index (χ4v) is 3.43. The zero-order chi connectivity index (χ0) is 12.9. The van der Waals surface area contributed by atoms with Gasteiger partial charge in [-0.3, -0.25) is 0 Å². The molecule has 1 aliphatic carbocycles. The Morgan fingerprint density at radius 1 is 1.41 bits per heavy atom. The van der Waals surface area contributed by atoms with E-state index in [0.29, 0.717) is 5.25 Å². The Kier molecular flexibility index (Phi) is 6.09. The molecule has 102 valence electrons. The summed E-state index contributed by atoms with van der Waals surface area (Å²) in [6.45, 7) is 2.11. The van der Waals surface area contributed by atoms with Gasteiger partial charge in [0.1, 0.15) is 0 Å². The van der Waals surface area contributed by atoms with Crippen LogP contribution in [0.1, 0.15) is 32.6 Å². The average molecular weight is 271 g/mol. The molecule has 0 bridgehead atoms. The Bertz CT molecular complexity index is 225. The van der Waals surface area contributed by atoms with Crippen LogP contribution in [0, 0.1) is 0 Å². The largest absolute Gasteiger partial charge is 0.391 e. The first-order valence-corrected chi connectivity index (χ1v) is 7.07. The minimum atomic E-state index is -4.28. The third kappa shape index (κ3) is 5.97. The Hall–Kier alpha value is 0.0600. The third-order valence-electron chi connectivity index (χ3n) is 2.92. The molecule has 1 rings (SSSR count). The van der Waals surface area contributed by atoms with Crippen LogP contribution in [0.3, 0.4) is 0 Å². The number of thioether (sulfide) groups is 1. The normalized spacial score (nSPS) is 27.4. The fraction of sp³-hybridized carbons (Fsp3) is 1.00. The number of rotatable bonds is 6. The van der Waals surface area contributed by atoms with Crippen molar-refractivity contribution in [2.45, 2.75) is 56.2 Å². The Morgan fingerprint density at radius 2 is 2.12 bits per heavy atom. The van der Waals surface area contributed by atoms with Gasteiger partial charge in [0.15, 0.2) is 0 Å². The van der Waals surface area contributed by atoms with Gasteiger partial charge in [0, 0.05) is 17.8 Å². The van der Waals surface area contributed by atoms with Gasteiger partial charge < -0.3 is 10.4 Å². The van der Waals surface area contributed by atoms with Crippen LogP contribution in [0.4, 0.5) is 13.2 Å². The number of hydrogen-bond acceptors (Lipinski definition) is 3. The molecule has 0 aromatic carbocycles. The molecule has 1 aliphatic rings. The lowest BCUT2D eigenvalue weighted by Crippen LogP contribution is -2.40. The summed E-state index contributed by atoms with van der Waals surface area (Å²) in [7, 11) is 0. The first-order valence-electron chi connectivity index (χ1n) is 6.02. The number of nitrogens with one attached hydrogen (secondary N) is 1. The molecule has 0 spiro atoms. The van der Waals surface area contributed by atoms with E-state index in [9.17, 15) is 18.3 Å². The summed E-state index contributed by atoms with van der Waals surface area (Å²) in [6, 6.07) is 0.253. The standard InChI is InChI=1S/C11H20F3NOS/c1-2-17-10-5-3-4-9(10)15-7-8(16)6-11(12,13)14/h8-10,15-16H,2-7H2,1H3/t8-,9+,10+/m0/s1. The van der Waals surface area contributed by atoms with E-state index in [2.05, 4.69) is 12.2 Å². The Balaban J connectivity index is 2.25. The summed E-state index contributed by atoms with van der Waals surface area (Å²) in [4.78, 5) is 0. The quantitative estimate of drug-likeness (QED) is 0.779. The van der Waals surface area contributed by atoms with E-state index in [1.807, 2.05) is 11.8 Å². The van der Waals surface area contributed by atoms with Crippen molar-refractivity contribution in [1.29, 1.82) is 0 Å². The lowest BCUT2D eigenvalue weighted by Gasteiger charge is -2.22. The molecule has 0 unspecified atom stereocenters. The summed E-state index contributed by atoms with van der Waals surface area (Å²) in [5, 5.41) is 12.8. The van der Waals surface area contributed by atoms with Gasteiger partial charge in [-0.2, -0.15) is 24.9 Å². The first-order chi connectivity index (χ1) is 7.92. The van der Waals surface area contributed by atoms with Crippen LogP contribution < -0.4 is 5.32 Å². The molecule has 1 saturated carbocycles. The van der Waals surface area contributed by atoms with Gasteiger partial charge in [-0.05, 0) is 18.6 Å². The van der Waals surface area contributed by atoms with Crippen molar-refractivity contribution >= 4 is 11.8 Å². The van der Waals surface area contributed by atoms with E-state index in [1.54, 1.807) is 0 Å². The summed E-state index contributed by atoms with van der Waals surface area (Å²) in [6.07, 6.45) is -3.51. The topological polar surface area (TPSA) is 32.3 Å². The molecule has 17 heavy (non-hydrogen) atoms. The molecule has 0 aromatic rings. The molecule has 0 heterocycles. The number of alkyl halides is 3. The van der Waals surface area contributed by atoms with Crippen LogP contribution in [0.2, 0.25) is 0 Å². The van der Waals surface area contributed by atoms with Gasteiger partial charge in [0.25, 0.3) is 0 Å². The summed E-state index contributed by atoms with van der Waals surface area (Å²) >= 11 is 1.85. The van der Waals surface area contributed by atoms with E-state index in [-0.39, 0.29) is 12.6 Å². The summed E-state index contributed by atoms with van der Waals surface area (Å²) in [5.74, 6) is 1.02. The first kappa shape index (κ1) is 15.1. The van der Waals surface area contributed by atoms with E-state index in [0.717, 1.165) is 25.0 Å². The van der Waals surface area contributed by atoms with E-state index >= 15 is 0 Å². The predicted octanol–water partition coefficient (Wildman–Crippen LogP) is 2.56. The maximum absolute atomic E-state index is 12.0. The molecule has 0 amide bonds. The second-order valence-corrected chi connectivity index (χ2v) is 5.93. The monoisotopic (exact) mass is 271 g/mol. The molecule has 0 aromatic heterocycles. The average Bonchev–Trinajstić information content (AvgIpc) is 2.60. The Labute approximate surface area is 104 Å². The lowest BCUT2D eigenvalue weighted by molar-refractivity contribution is -0.152. The van der Waals surface area contributed by atoms with Crippen LogP contribution in [0.5, 0.6) is 0 Å². The van der Waals surface area contributed by atoms with Crippen LogP contribution in [0.25, 0.3) is 0 Å². The minimum absolute atomic E-state index is 0.0327. The van der Waals surface area contributed by atoms with Crippen LogP contribution in [-0.2, 0) is 0 Å². The van der Waals surface area contributed by atoms with Gasteiger partial charge in [-0.15, -0.1) is 0 Å². The van der Waals surface area contributed by atoms with Crippen molar-refractivity contribution in [2.75, 3.05) is 12.3 Å². The molecule has 3 atom stereocenters. The Morgan fingerprint density at radius 3 is 2.71 bits per heavy atom. The molecule has 0 radical (unpaired) electrons. The van der Waals surface area contributed by atoms with Gasteiger partial charge in [0.2, 0.25) is 0 Å². The number of hydrogen-bond donors (Lipinski definition) is 2. The lowest BCUT2D eigenvalue weighted by atomic mass is 10.2. The summed E-state index contributed by atoms with van der Waals surface area (Å²) < 4.78 is 36.0. The summed E-state index contributed by atoms with van der Waals surface area (Å²) in [5.41, 5.74) is 0. The highest BCUT2D eigenvalue weighted by Gasteiger charge is 2.32. The maximum atomic E-state index is 12.0. The highest BCUT2D eigenvalue weighted by atomic mass is 32.2. The number of aliphatic hydroxyl groups excluding tert-OH is 1. The zero-order valence-corrected chi connectivity index (χ0v) is 10.8. The van der Waals surface area contributed by atoms with Crippen molar-refractivity contribution in [3.63, 3.8) is 0 Å². The van der Waals surface area contributed by atoms with Gasteiger partial charge in [-0.1, -0.05) is 13.3 Å². The molecular weight excluding hydrogens is 251 g/mol. The van der Waals surface area contributed by atoms with Crippen molar-refractivity contribution in [2.24, 2.45) is 0 Å². The van der Waals surface area contributed by atoms with Crippen LogP contribution in [-0.4, -0.2) is 41.0 Å². The highest BCUT2D eigenvalue weighted by Crippen LogP contribution is 2.30. The van der Waals surface area contributed by atoms with Crippen molar-refractivity contribution in [3.05, 3.63) is 0 Å². The fourth-order valence-electron chi connectivity index (χ4n) is 2.20. The van der Waals surface area contributed by atoms with Crippen molar-refractivity contribution < 1.29 is 18.3 Å². The molecular formula is C11H20F3NOS. The van der Waals surface area contributed by atoms with E-state index in [4.69, 9.17) is 0 Å². The van der Waals surface area contributed by atoms with E-state index < -0.39 is 18.7 Å². The van der Waals surface area contributed by atoms with Gasteiger partial charge in [0.05, 0.1) is 12.5 Å². The second kappa shape index (κ2) is 6.85. The SMILES string of the molecule is CCS[C@@H]1CCC[C@H]1NC[C@@H](O)CC(F)(F)F. The molecule has 6 heteroatoms. The third-order valence-corrected chi connectivity index (χ3v) is 4.24. The molecule has 2 N–H and O–H groups in total. The smallest absolute Gasteiger partial charge is 0.391 e. The van der Waals surface area contributed by atoms with Crippen LogP contribution >= 0.6 is 11.8 Å². The predicted molar refractivity (Wildman–Crippen MR) is 64.2 cm³/mol. The molecule has 2 nitrogen and oxygen atoms in total. The highest BCUT2D eigenvalue weighted by molar-refractivity contribution is 7.99. The number of aliphatic hydroxyl groups is 1. The molecule has 0 aliphatic heterocycles. The number of halogens is 3. The van der Waals surface area contributed by atoms with E-state index in [1.165, 1.54) is 0 Å². The molecule has 1 fully saturated rings.